The Bertz CT molecular complexity index is 787. The van der Waals surface area contributed by atoms with Crippen molar-refractivity contribution >= 4 is 11.9 Å². The lowest BCUT2D eigenvalue weighted by atomic mass is 10.0. The number of nitrogens with one attached hydrogen (secondary N) is 1. The molecule has 0 fully saturated rings. The number of amides is 1. The highest BCUT2D eigenvalue weighted by Gasteiger charge is 2.30. The van der Waals surface area contributed by atoms with Crippen LogP contribution in [0.3, 0.4) is 0 Å². The number of ether oxygens (including phenoxy) is 1. The Balaban J connectivity index is 1.92. The summed E-state index contributed by atoms with van der Waals surface area (Å²) in [4.78, 5) is 24.6. The van der Waals surface area contributed by atoms with Crippen LogP contribution in [0, 0.1) is 5.92 Å². The minimum Gasteiger partial charge on any atom is -0.459 e. The monoisotopic (exact) mass is 393 g/mol. The molecule has 0 saturated heterocycles. The predicted octanol–water partition coefficient (Wildman–Crippen LogP) is 4.13. The number of carbonyl (C=O) groups excluding carboxylic acids is 2. The smallest absolute Gasteiger partial charge is 0.416 e. The topological polar surface area (TPSA) is 55.4 Å². The van der Waals surface area contributed by atoms with Crippen molar-refractivity contribution in [3.8, 4) is 0 Å². The SMILES string of the molecule is CC(C)C(NC(=O)Cc1ccccc1)C(=O)OCc1ccc(C(F)(F)F)cc1. The summed E-state index contributed by atoms with van der Waals surface area (Å²) in [5, 5.41) is 2.67. The molecule has 2 aromatic rings. The molecular formula is C21H22F3NO3. The highest BCUT2D eigenvalue weighted by molar-refractivity contribution is 5.85. The summed E-state index contributed by atoms with van der Waals surface area (Å²) >= 11 is 0. The lowest BCUT2D eigenvalue weighted by Gasteiger charge is -2.21. The highest BCUT2D eigenvalue weighted by atomic mass is 19.4. The molecule has 2 aromatic carbocycles. The van der Waals surface area contributed by atoms with Gasteiger partial charge < -0.3 is 10.1 Å². The normalized spacial score (nSPS) is 12.5. The zero-order valence-corrected chi connectivity index (χ0v) is 15.6. The van der Waals surface area contributed by atoms with E-state index in [-0.39, 0.29) is 24.9 Å². The van der Waals surface area contributed by atoms with Gasteiger partial charge in [0.05, 0.1) is 12.0 Å². The summed E-state index contributed by atoms with van der Waals surface area (Å²) in [5.74, 6) is -1.15. The Morgan fingerprint density at radius 1 is 0.964 bits per heavy atom. The molecule has 0 bridgehead atoms. The van der Waals surface area contributed by atoms with E-state index in [0.717, 1.165) is 17.7 Å². The van der Waals surface area contributed by atoms with E-state index in [2.05, 4.69) is 5.32 Å². The molecule has 1 N–H and O–H groups in total. The number of carbonyl (C=O) groups is 2. The molecule has 150 valence electrons. The second kappa shape index (κ2) is 9.39. The molecule has 1 amide bonds. The van der Waals surface area contributed by atoms with Crippen LogP contribution in [0.2, 0.25) is 0 Å². The Morgan fingerprint density at radius 2 is 1.57 bits per heavy atom. The molecule has 1 unspecified atom stereocenters. The van der Waals surface area contributed by atoms with Crippen molar-refractivity contribution in [2.45, 2.75) is 39.1 Å². The van der Waals surface area contributed by atoms with Gasteiger partial charge in [0.1, 0.15) is 12.6 Å². The van der Waals surface area contributed by atoms with E-state index >= 15 is 0 Å². The second-order valence-electron chi connectivity index (χ2n) is 6.75. The lowest BCUT2D eigenvalue weighted by Crippen LogP contribution is -2.45. The van der Waals surface area contributed by atoms with Crippen LogP contribution < -0.4 is 5.32 Å². The molecule has 28 heavy (non-hydrogen) atoms. The summed E-state index contributed by atoms with van der Waals surface area (Å²) in [6.45, 7) is 3.37. The van der Waals surface area contributed by atoms with Crippen molar-refractivity contribution in [1.29, 1.82) is 0 Å². The maximum atomic E-state index is 12.6. The first-order valence-corrected chi connectivity index (χ1v) is 8.83. The third kappa shape index (κ3) is 6.40. The first-order valence-electron chi connectivity index (χ1n) is 8.83. The van der Waals surface area contributed by atoms with Crippen LogP contribution in [0.1, 0.15) is 30.5 Å². The Kier molecular flexibility index (Phi) is 7.20. The van der Waals surface area contributed by atoms with Gasteiger partial charge in [-0.25, -0.2) is 4.79 Å². The number of benzene rings is 2. The number of hydrogen-bond acceptors (Lipinski definition) is 3. The Labute approximate surface area is 161 Å². The molecule has 0 heterocycles. The number of halogens is 3. The van der Waals surface area contributed by atoms with Gasteiger partial charge in [-0.3, -0.25) is 4.79 Å². The average Bonchev–Trinajstić information content (AvgIpc) is 2.64. The largest absolute Gasteiger partial charge is 0.459 e. The van der Waals surface area contributed by atoms with Crippen LogP contribution in [0.5, 0.6) is 0 Å². The van der Waals surface area contributed by atoms with Crippen molar-refractivity contribution in [1.82, 2.24) is 5.32 Å². The number of rotatable bonds is 7. The molecule has 0 spiro atoms. The second-order valence-corrected chi connectivity index (χ2v) is 6.75. The maximum absolute atomic E-state index is 12.6. The van der Waals surface area contributed by atoms with Crippen molar-refractivity contribution < 1.29 is 27.5 Å². The minimum atomic E-state index is -4.42. The van der Waals surface area contributed by atoms with Gasteiger partial charge >= 0.3 is 12.1 Å². The van der Waals surface area contributed by atoms with E-state index < -0.39 is 23.8 Å². The first kappa shape index (κ1) is 21.5. The van der Waals surface area contributed by atoms with Crippen LogP contribution in [0.4, 0.5) is 13.2 Å². The summed E-state index contributed by atoms with van der Waals surface area (Å²) in [6.07, 6.45) is -4.28. The van der Waals surface area contributed by atoms with Gasteiger partial charge in [-0.1, -0.05) is 56.3 Å². The summed E-state index contributed by atoms with van der Waals surface area (Å²) in [7, 11) is 0. The fourth-order valence-corrected chi connectivity index (χ4v) is 2.54. The maximum Gasteiger partial charge on any atom is 0.416 e. The van der Waals surface area contributed by atoms with Crippen LogP contribution >= 0.6 is 0 Å². The zero-order chi connectivity index (χ0) is 20.7. The van der Waals surface area contributed by atoms with Gasteiger partial charge in [-0.2, -0.15) is 13.2 Å². The molecule has 0 aromatic heterocycles. The molecule has 4 nitrogen and oxygen atoms in total. The summed E-state index contributed by atoms with van der Waals surface area (Å²) in [6, 6.07) is 12.7. The number of hydrogen-bond donors (Lipinski definition) is 1. The molecule has 7 heteroatoms. The number of esters is 1. The van der Waals surface area contributed by atoms with Gasteiger partial charge in [0, 0.05) is 0 Å². The van der Waals surface area contributed by atoms with Crippen LogP contribution in [0.25, 0.3) is 0 Å². The molecule has 0 aliphatic carbocycles. The fraction of sp³-hybridized carbons (Fsp3) is 0.333. The van der Waals surface area contributed by atoms with E-state index in [0.29, 0.717) is 5.56 Å². The van der Waals surface area contributed by atoms with Crippen molar-refractivity contribution in [2.24, 2.45) is 5.92 Å². The molecule has 0 aliphatic rings. The van der Waals surface area contributed by atoms with Crippen LogP contribution in [0.15, 0.2) is 54.6 Å². The summed E-state index contributed by atoms with van der Waals surface area (Å²) < 4.78 is 42.9. The van der Waals surface area contributed by atoms with E-state index in [4.69, 9.17) is 4.74 Å². The Hall–Kier alpha value is -2.83. The third-order valence-electron chi connectivity index (χ3n) is 4.11. The van der Waals surface area contributed by atoms with Crippen LogP contribution in [-0.4, -0.2) is 17.9 Å². The molecule has 0 saturated carbocycles. The average molecular weight is 393 g/mol. The van der Waals surface area contributed by atoms with Gasteiger partial charge in [0.25, 0.3) is 0 Å². The molecule has 0 radical (unpaired) electrons. The van der Waals surface area contributed by atoms with Crippen molar-refractivity contribution in [2.75, 3.05) is 0 Å². The van der Waals surface area contributed by atoms with Crippen LogP contribution in [-0.2, 0) is 33.5 Å². The Morgan fingerprint density at radius 3 is 2.11 bits per heavy atom. The van der Waals surface area contributed by atoms with Gasteiger partial charge in [-0.05, 0) is 29.2 Å². The fourth-order valence-electron chi connectivity index (χ4n) is 2.54. The van der Waals surface area contributed by atoms with Crippen molar-refractivity contribution in [3.05, 3.63) is 71.3 Å². The third-order valence-corrected chi connectivity index (χ3v) is 4.11. The van der Waals surface area contributed by atoms with E-state index in [9.17, 15) is 22.8 Å². The van der Waals surface area contributed by atoms with Gasteiger partial charge in [-0.15, -0.1) is 0 Å². The van der Waals surface area contributed by atoms with Gasteiger partial charge in [0.2, 0.25) is 5.91 Å². The molecular weight excluding hydrogens is 371 g/mol. The van der Waals surface area contributed by atoms with E-state index in [1.807, 2.05) is 30.3 Å². The molecule has 0 aliphatic heterocycles. The quantitative estimate of drug-likeness (QED) is 0.720. The molecule has 1 atom stereocenters. The zero-order valence-electron chi connectivity index (χ0n) is 15.6. The highest BCUT2D eigenvalue weighted by Crippen LogP contribution is 2.29. The van der Waals surface area contributed by atoms with E-state index in [1.165, 1.54) is 12.1 Å². The molecule has 2 rings (SSSR count). The lowest BCUT2D eigenvalue weighted by molar-refractivity contribution is -0.150. The van der Waals surface area contributed by atoms with Crippen molar-refractivity contribution in [3.63, 3.8) is 0 Å². The van der Waals surface area contributed by atoms with E-state index in [1.54, 1.807) is 13.8 Å². The van der Waals surface area contributed by atoms with Gasteiger partial charge in [0.15, 0.2) is 0 Å². The standard InChI is InChI=1S/C21H22F3NO3/c1-14(2)19(25-18(26)12-15-6-4-3-5-7-15)20(27)28-13-16-8-10-17(11-9-16)21(22,23)24/h3-11,14,19H,12-13H2,1-2H3,(H,25,26). The first-order chi connectivity index (χ1) is 13.2. The number of alkyl halides is 3. The predicted molar refractivity (Wildman–Crippen MR) is 98.2 cm³/mol. The summed E-state index contributed by atoms with van der Waals surface area (Å²) in [5.41, 5.74) is 0.482. The minimum absolute atomic E-state index is 0.135.